The number of carboxylic acid groups (broad SMARTS) is 1. The molecule has 0 fully saturated rings. The standard InChI is InChI=1S/C16H14Cl2O4/c1-21-11-3-2-4-12(9-11)22-15(16(19)20)8-10-5-6-13(17)14(18)7-10/h2-7,9,15H,8H2,1H3,(H,19,20)/t15-/m1/s1. The summed E-state index contributed by atoms with van der Waals surface area (Å²) in [5.74, 6) is -0.0446. The minimum atomic E-state index is -1.06. The van der Waals surface area contributed by atoms with Crippen LogP contribution in [0.4, 0.5) is 0 Å². The van der Waals surface area contributed by atoms with Gasteiger partial charge >= 0.3 is 5.97 Å². The smallest absolute Gasteiger partial charge is 0.345 e. The summed E-state index contributed by atoms with van der Waals surface area (Å²) in [6.07, 6.45) is -0.868. The van der Waals surface area contributed by atoms with Crippen molar-refractivity contribution >= 4 is 29.2 Å². The molecule has 0 amide bonds. The topological polar surface area (TPSA) is 55.8 Å². The fourth-order valence-electron chi connectivity index (χ4n) is 1.90. The van der Waals surface area contributed by atoms with E-state index in [0.717, 1.165) is 5.56 Å². The molecule has 0 aliphatic carbocycles. The van der Waals surface area contributed by atoms with Crippen molar-refractivity contribution in [3.05, 3.63) is 58.1 Å². The summed E-state index contributed by atoms with van der Waals surface area (Å²) < 4.78 is 10.6. The molecule has 0 heterocycles. The van der Waals surface area contributed by atoms with Crippen LogP contribution in [0.2, 0.25) is 10.0 Å². The first-order chi connectivity index (χ1) is 10.5. The number of rotatable bonds is 6. The normalized spacial score (nSPS) is 11.8. The molecule has 0 aromatic heterocycles. The molecule has 0 unspecified atom stereocenters. The molecular weight excluding hydrogens is 327 g/mol. The fraction of sp³-hybridized carbons (Fsp3) is 0.188. The van der Waals surface area contributed by atoms with Crippen LogP contribution in [0.3, 0.4) is 0 Å². The Balaban J connectivity index is 2.15. The van der Waals surface area contributed by atoms with Gasteiger partial charge in [-0.05, 0) is 29.8 Å². The van der Waals surface area contributed by atoms with Gasteiger partial charge in [-0.2, -0.15) is 0 Å². The van der Waals surface area contributed by atoms with Crippen molar-refractivity contribution in [2.45, 2.75) is 12.5 Å². The molecule has 0 radical (unpaired) electrons. The van der Waals surface area contributed by atoms with Crippen LogP contribution in [-0.2, 0) is 11.2 Å². The van der Waals surface area contributed by atoms with Crippen molar-refractivity contribution in [1.82, 2.24) is 0 Å². The zero-order chi connectivity index (χ0) is 16.1. The molecule has 0 saturated carbocycles. The highest BCUT2D eigenvalue weighted by Gasteiger charge is 2.20. The summed E-state index contributed by atoms with van der Waals surface area (Å²) in [4.78, 5) is 11.4. The van der Waals surface area contributed by atoms with Gasteiger partial charge in [0.15, 0.2) is 6.10 Å². The van der Waals surface area contributed by atoms with E-state index in [9.17, 15) is 9.90 Å². The minimum absolute atomic E-state index is 0.170. The lowest BCUT2D eigenvalue weighted by Crippen LogP contribution is -2.29. The fourth-order valence-corrected chi connectivity index (χ4v) is 2.22. The Morgan fingerprint density at radius 3 is 2.50 bits per heavy atom. The van der Waals surface area contributed by atoms with Crippen LogP contribution in [0.1, 0.15) is 5.56 Å². The molecule has 6 heteroatoms. The Hall–Kier alpha value is -1.91. The maximum Gasteiger partial charge on any atom is 0.345 e. The molecule has 1 atom stereocenters. The molecule has 2 aromatic rings. The monoisotopic (exact) mass is 340 g/mol. The average Bonchev–Trinajstić information content (AvgIpc) is 2.50. The van der Waals surface area contributed by atoms with E-state index in [1.165, 1.54) is 7.11 Å². The van der Waals surface area contributed by atoms with Crippen molar-refractivity contribution in [2.75, 3.05) is 7.11 Å². The lowest BCUT2D eigenvalue weighted by Gasteiger charge is -2.16. The summed E-state index contributed by atoms with van der Waals surface area (Å²) >= 11 is 11.8. The lowest BCUT2D eigenvalue weighted by molar-refractivity contribution is -0.145. The van der Waals surface area contributed by atoms with Gasteiger partial charge in [-0.25, -0.2) is 4.79 Å². The highest BCUT2D eigenvalue weighted by Crippen LogP contribution is 2.25. The van der Waals surface area contributed by atoms with Gasteiger partial charge in [0.2, 0.25) is 0 Å². The predicted octanol–water partition coefficient (Wildman–Crippen LogP) is 4.08. The summed E-state index contributed by atoms with van der Waals surface area (Å²) in [6.45, 7) is 0. The number of carbonyl (C=O) groups is 1. The van der Waals surface area contributed by atoms with Crippen LogP contribution < -0.4 is 9.47 Å². The number of benzene rings is 2. The van der Waals surface area contributed by atoms with Crippen molar-refractivity contribution in [2.24, 2.45) is 0 Å². The zero-order valence-corrected chi connectivity index (χ0v) is 13.3. The Morgan fingerprint density at radius 1 is 1.14 bits per heavy atom. The van der Waals surface area contributed by atoms with Crippen LogP contribution in [0.25, 0.3) is 0 Å². The highest BCUT2D eigenvalue weighted by molar-refractivity contribution is 6.42. The average molecular weight is 341 g/mol. The Kier molecular flexibility index (Phi) is 5.52. The Morgan fingerprint density at radius 2 is 1.86 bits per heavy atom. The Bertz CT molecular complexity index is 673. The number of hydrogen-bond acceptors (Lipinski definition) is 3. The van der Waals surface area contributed by atoms with Crippen LogP contribution >= 0.6 is 23.2 Å². The van der Waals surface area contributed by atoms with E-state index >= 15 is 0 Å². The molecule has 116 valence electrons. The SMILES string of the molecule is COc1cccc(O[C@H](Cc2ccc(Cl)c(Cl)c2)C(=O)O)c1. The van der Waals surface area contributed by atoms with Gasteiger partial charge in [0, 0.05) is 12.5 Å². The molecule has 4 nitrogen and oxygen atoms in total. The van der Waals surface area contributed by atoms with Crippen LogP contribution in [0.5, 0.6) is 11.5 Å². The second-order valence-corrected chi connectivity index (χ2v) is 5.39. The summed E-state index contributed by atoms with van der Waals surface area (Å²) in [5.41, 5.74) is 0.727. The van der Waals surface area contributed by atoms with Crippen molar-refractivity contribution < 1.29 is 19.4 Å². The number of carboxylic acids is 1. The second kappa shape index (κ2) is 7.38. The Labute approximate surface area is 138 Å². The summed E-state index contributed by atoms with van der Waals surface area (Å²) in [6, 6.07) is 11.8. The first-order valence-electron chi connectivity index (χ1n) is 6.47. The molecule has 0 bridgehead atoms. The third-order valence-electron chi connectivity index (χ3n) is 3.00. The maximum atomic E-state index is 11.4. The largest absolute Gasteiger partial charge is 0.497 e. The van der Waals surface area contributed by atoms with E-state index in [-0.39, 0.29) is 6.42 Å². The molecule has 0 aliphatic rings. The van der Waals surface area contributed by atoms with Crippen molar-refractivity contribution in [3.8, 4) is 11.5 Å². The van der Waals surface area contributed by atoms with Gasteiger partial charge < -0.3 is 14.6 Å². The van der Waals surface area contributed by atoms with Gasteiger partial charge in [-0.3, -0.25) is 0 Å². The van der Waals surface area contributed by atoms with Crippen molar-refractivity contribution in [1.29, 1.82) is 0 Å². The van der Waals surface area contributed by atoms with E-state index in [1.807, 2.05) is 0 Å². The van der Waals surface area contributed by atoms with E-state index < -0.39 is 12.1 Å². The highest BCUT2D eigenvalue weighted by atomic mass is 35.5. The van der Waals surface area contributed by atoms with E-state index in [4.69, 9.17) is 32.7 Å². The summed E-state index contributed by atoms with van der Waals surface area (Å²) in [5, 5.41) is 10.1. The molecule has 2 aromatic carbocycles. The maximum absolute atomic E-state index is 11.4. The zero-order valence-electron chi connectivity index (χ0n) is 11.8. The van der Waals surface area contributed by atoms with E-state index in [1.54, 1.807) is 42.5 Å². The van der Waals surface area contributed by atoms with Crippen LogP contribution in [-0.4, -0.2) is 24.3 Å². The molecule has 2 rings (SSSR count). The molecular formula is C16H14Cl2O4. The van der Waals surface area contributed by atoms with Gasteiger partial charge in [-0.1, -0.05) is 35.3 Å². The van der Waals surface area contributed by atoms with Gasteiger partial charge in [0.05, 0.1) is 17.2 Å². The first kappa shape index (κ1) is 16.5. The lowest BCUT2D eigenvalue weighted by atomic mass is 10.1. The van der Waals surface area contributed by atoms with E-state index in [0.29, 0.717) is 21.5 Å². The summed E-state index contributed by atoms with van der Waals surface area (Å²) in [7, 11) is 1.53. The molecule has 1 N–H and O–H groups in total. The number of ether oxygens (including phenoxy) is 2. The molecule has 22 heavy (non-hydrogen) atoms. The first-order valence-corrected chi connectivity index (χ1v) is 7.22. The number of methoxy groups -OCH3 is 1. The third-order valence-corrected chi connectivity index (χ3v) is 3.74. The molecule has 0 spiro atoms. The minimum Gasteiger partial charge on any atom is -0.497 e. The molecule has 0 aliphatic heterocycles. The van der Waals surface area contributed by atoms with Crippen LogP contribution in [0.15, 0.2) is 42.5 Å². The number of aliphatic carboxylic acids is 1. The molecule has 0 saturated heterocycles. The quantitative estimate of drug-likeness (QED) is 0.860. The number of hydrogen-bond donors (Lipinski definition) is 1. The van der Waals surface area contributed by atoms with Gasteiger partial charge in [0.25, 0.3) is 0 Å². The van der Waals surface area contributed by atoms with E-state index in [2.05, 4.69) is 0 Å². The van der Waals surface area contributed by atoms with Gasteiger partial charge in [-0.15, -0.1) is 0 Å². The van der Waals surface area contributed by atoms with Gasteiger partial charge in [0.1, 0.15) is 11.5 Å². The van der Waals surface area contributed by atoms with Crippen molar-refractivity contribution in [3.63, 3.8) is 0 Å². The third kappa shape index (κ3) is 4.29. The second-order valence-electron chi connectivity index (χ2n) is 4.58. The number of halogens is 2. The van der Waals surface area contributed by atoms with Crippen LogP contribution in [0, 0.1) is 0 Å². The predicted molar refractivity (Wildman–Crippen MR) is 85.2 cm³/mol.